The number of hydrogen-bond acceptors (Lipinski definition) is 6. The number of carbonyl (C=O) groups is 1. The largest absolute Gasteiger partial charge is 0.378 e. The van der Waals surface area contributed by atoms with Crippen LogP contribution in [-0.4, -0.2) is 52.2 Å². The fourth-order valence-electron chi connectivity index (χ4n) is 3.19. The molecule has 0 saturated carbocycles. The number of anilines is 2. The van der Waals surface area contributed by atoms with Crippen LogP contribution in [0, 0.1) is 5.82 Å². The van der Waals surface area contributed by atoms with E-state index in [2.05, 4.69) is 15.5 Å². The Bertz CT molecular complexity index is 1120. The van der Waals surface area contributed by atoms with Gasteiger partial charge in [0.25, 0.3) is 0 Å². The number of carbonyl (C=O) groups excluding carboxylic acids is 1. The summed E-state index contributed by atoms with van der Waals surface area (Å²) >= 11 is 13.4. The van der Waals surface area contributed by atoms with Crippen LogP contribution in [0.15, 0.2) is 47.6 Å². The van der Waals surface area contributed by atoms with Crippen molar-refractivity contribution in [1.29, 1.82) is 0 Å². The van der Waals surface area contributed by atoms with E-state index in [0.717, 1.165) is 0 Å². The Labute approximate surface area is 198 Å². The van der Waals surface area contributed by atoms with Gasteiger partial charge < -0.3 is 15.0 Å². The Hall–Kier alpha value is -2.33. The maximum absolute atomic E-state index is 14.0. The molecule has 1 N–H and O–H groups in total. The lowest BCUT2D eigenvalue weighted by Gasteiger charge is -2.28. The van der Waals surface area contributed by atoms with E-state index in [9.17, 15) is 9.18 Å². The maximum atomic E-state index is 14.0. The number of morpholine rings is 1. The highest BCUT2D eigenvalue weighted by Crippen LogP contribution is 2.32. The molecule has 7 nitrogen and oxygen atoms in total. The Morgan fingerprint density at radius 2 is 1.94 bits per heavy atom. The van der Waals surface area contributed by atoms with Gasteiger partial charge in [0.1, 0.15) is 5.82 Å². The number of hydrogen-bond donors (Lipinski definition) is 1. The summed E-state index contributed by atoms with van der Waals surface area (Å²) in [6.45, 7) is 4.16. The summed E-state index contributed by atoms with van der Waals surface area (Å²) in [4.78, 5) is 14.8. The molecule has 1 aliphatic heterocycles. The smallest absolute Gasteiger partial charge is 0.237 e. The number of nitrogens with one attached hydrogen (secondary N) is 1. The third-order valence-corrected chi connectivity index (χ3v) is 6.70. The zero-order valence-electron chi connectivity index (χ0n) is 17.1. The van der Waals surface area contributed by atoms with Gasteiger partial charge in [-0.25, -0.2) is 4.39 Å². The predicted octanol–water partition coefficient (Wildman–Crippen LogP) is 4.67. The minimum atomic E-state index is -0.543. The molecule has 11 heteroatoms. The van der Waals surface area contributed by atoms with Crippen LogP contribution < -0.4 is 10.2 Å². The van der Waals surface area contributed by atoms with Gasteiger partial charge in [-0.15, -0.1) is 10.2 Å². The second kappa shape index (κ2) is 10.1. The highest BCUT2D eigenvalue weighted by molar-refractivity contribution is 8.00. The minimum absolute atomic E-state index is 0.275. The fraction of sp³-hybridized carbons (Fsp3) is 0.286. The van der Waals surface area contributed by atoms with E-state index in [-0.39, 0.29) is 16.7 Å². The quantitative estimate of drug-likeness (QED) is 0.501. The highest BCUT2D eigenvalue weighted by atomic mass is 35.5. The lowest BCUT2D eigenvalue weighted by molar-refractivity contribution is -0.115. The van der Waals surface area contributed by atoms with Crippen LogP contribution in [0.5, 0.6) is 0 Å². The van der Waals surface area contributed by atoms with Crippen molar-refractivity contribution in [2.24, 2.45) is 0 Å². The van der Waals surface area contributed by atoms with Gasteiger partial charge in [-0.05, 0) is 37.3 Å². The Kier molecular flexibility index (Phi) is 7.20. The molecule has 1 aromatic heterocycles. The summed E-state index contributed by atoms with van der Waals surface area (Å²) in [6, 6.07) is 11.2. The molecule has 2 aromatic carbocycles. The van der Waals surface area contributed by atoms with Crippen LogP contribution in [0.1, 0.15) is 6.92 Å². The van der Waals surface area contributed by atoms with Crippen molar-refractivity contribution in [2.45, 2.75) is 17.3 Å². The second-order valence-electron chi connectivity index (χ2n) is 7.05. The molecule has 0 aliphatic carbocycles. The molecule has 1 saturated heterocycles. The number of rotatable bonds is 6. The molecule has 4 rings (SSSR count). The van der Waals surface area contributed by atoms with Crippen LogP contribution in [0.3, 0.4) is 0 Å². The first kappa shape index (κ1) is 22.8. The summed E-state index contributed by atoms with van der Waals surface area (Å²) in [7, 11) is 0. The van der Waals surface area contributed by atoms with Gasteiger partial charge in [-0.1, -0.05) is 47.1 Å². The Balaban J connectivity index is 1.60. The zero-order valence-corrected chi connectivity index (χ0v) is 19.4. The summed E-state index contributed by atoms with van der Waals surface area (Å²) in [5.74, 6) is -0.0748. The Morgan fingerprint density at radius 3 is 2.69 bits per heavy atom. The first-order valence-electron chi connectivity index (χ1n) is 9.89. The lowest BCUT2D eigenvalue weighted by Crippen LogP contribution is -2.38. The van der Waals surface area contributed by atoms with E-state index in [1.165, 1.54) is 23.9 Å². The molecular formula is C21H20Cl2FN5O2S. The minimum Gasteiger partial charge on any atom is -0.378 e. The van der Waals surface area contributed by atoms with Crippen LogP contribution in [-0.2, 0) is 9.53 Å². The number of thioether (sulfide) groups is 1. The summed E-state index contributed by atoms with van der Waals surface area (Å²) in [5, 5.41) is 12.0. The fourth-order valence-corrected chi connectivity index (χ4v) is 4.40. The molecular weight excluding hydrogens is 476 g/mol. The van der Waals surface area contributed by atoms with Gasteiger partial charge in [0, 0.05) is 13.1 Å². The number of halogens is 3. The van der Waals surface area contributed by atoms with Gasteiger partial charge in [0.15, 0.2) is 5.16 Å². The van der Waals surface area contributed by atoms with Gasteiger partial charge >= 0.3 is 0 Å². The van der Waals surface area contributed by atoms with Crippen molar-refractivity contribution in [3.05, 3.63) is 58.3 Å². The molecule has 2 heterocycles. The molecule has 1 fully saturated rings. The standard InChI is InChI=1S/C21H20Cl2FN5O2S/c1-13(19(30)25-17-7-3-6-16(22)18(17)23)32-21-27-26-20(28-8-10-31-11-9-28)29(21)15-5-2-4-14(24)12-15/h2-7,12-13H,8-11H2,1H3,(H,25,30). The topological polar surface area (TPSA) is 72.3 Å². The molecule has 32 heavy (non-hydrogen) atoms. The average molecular weight is 496 g/mol. The molecule has 3 aromatic rings. The summed E-state index contributed by atoms with van der Waals surface area (Å²) in [5.41, 5.74) is 1.00. The highest BCUT2D eigenvalue weighted by Gasteiger charge is 2.25. The number of benzene rings is 2. The maximum Gasteiger partial charge on any atom is 0.237 e. The third kappa shape index (κ3) is 5.01. The lowest BCUT2D eigenvalue weighted by atomic mass is 10.3. The SMILES string of the molecule is CC(Sc1nnc(N2CCOCC2)n1-c1cccc(F)c1)C(=O)Nc1cccc(Cl)c1Cl. The van der Waals surface area contributed by atoms with E-state index in [4.69, 9.17) is 27.9 Å². The van der Waals surface area contributed by atoms with Crippen LogP contribution in [0.4, 0.5) is 16.0 Å². The van der Waals surface area contributed by atoms with E-state index >= 15 is 0 Å². The van der Waals surface area contributed by atoms with Crippen molar-refractivity contribution >= 4 is 52.5 Å². The van der Waals surface area contributed by atoms with E-state index in [0.29, 0.717) is 53.8 Å². The molecule has 1 amide bonds. The molecule has 1 aliphatic rings. The number of ether oxygens (including phenoxy) is 1. The second-order valence-corrected chi connectivity index (χ2v) is 9.14. The molecule has 0 spiro atoms. The number of amides is 1. The van der Waals surface area contributed by atoms with Crippen LogP contribution >= 0.6 is 35.0 Å². The first-order chi connectivity index (χ1) is 15.4. The van der Waals surface area contributed by atoms with Crippen molar-refractivity contribution in [1.82, 2.24) is 14.8 Å². The zero-order chi connectivity index (χ0) is 22.7. The number of nitrogens with zero attached hydrogens (tertiary/aromatic N) is 4. The van der Waals surface area contributed by atoms with Crippen molar-refractivity contribution < 1.29 is 13.9 Å². The third-order valence-electron chi connectivity index (χ3n) is 4.84. The van der Waals surface area contributed by atoms with Gasteiger partial charge in [-0.2, -0.15) is 0 Å². The van der Waals surface area contributed by atoms with Crippen LogP contribution in [0.25, 0.3) is 5.69 Å². The normalized spacial score (nSPS) is 14.9. The average Bonchev–Trinajstić information content (AvgIpc) is 3.21. The van der Waals surface area contributed by atoms with E-state index in [1.807, 2.05) is 4.90 Å². The van der Waals surface area contributed by atoms with E-state index in [1.54, 1.807) is 41.8 Å². The molecule has 0 radical (unpaired) electrons. The van der Waals surface area contributed by atoms with Crippen molar-refractivity contribution in [2.75, 3.05) is 36.5 Å². The van der Waals surface area contributed by atoms with Gasteiger partial charge in [-0.3, -0.25) is 9.36 Å². The Morgan fingerprint density at radius 1 is 1.19 bits per heavy atom. The summed E-state index contributed by atoms with van der Waals surface area (Å²) < 4.78 is 21.2. The monoisotopic (exact) mass is 495 g/mol. The molecule has 0 bridgehead atoms. The molecule has 1 atom stereocenters. The van der Waals surface area contributed by atoms with Crippen molar-refractivity contribution in [3.63, 3.8) is 0 Å². The van der Waals surface area contributed by atoms with Gasteiger partial charge in [0.2, 0.25) is 11.9 Å². The van der Waals surface area contributed by atoms with Crippen LogP contribution in [0.2, 0.25) is 10.0 Å². The van der Waals surface area contributed by atoms with Gasteiger partial charge in [0.05, 0.1) is 39.9 Å². The first-order valence-corrected chi connectivity index (χ1v) is 11.5. The predicted molar refractivity (Wildman–Crippen MR) is 125 cm³/mol. The van der Waals surface area contributed by atoms with Crippen molar-refractivity contribution in [3.8, 4) is 5.69 Å². The molecule has 1 unspecified atom stereocenters. The number of aromatic nitrogens is 3. The van der Waals surface area contributed by atoms with E-state index < -0.39 is 5.25 Å². The molecule has 168 valence electrons. The summed E-state index contributed by atoms with van der Waals surface area (Å²) in [6.07, 6.45) is 0.